The largest absolute Gasteiger partial charge is 0.493 e. The predicted molar refractivity (Wildman–Crippen MR) is 65.9 cm³/mol. The predicted octanol–water partition coefficient (Wildman–Crippen LogP) is 2.03. The highest BCUT2D eigenvalue weighted by Gasteiger charge is 2.35. The summed E-state index contributed by atoms with van der Waals surface area (Å²) in [5, 5.41) is 9.92. The fourth-order valence-electron chi connectivity index (χ4n) is 1.92. The molecule has 0 saturated heterocycles. The molecule has 0 amide bonds. The van der Waals surface area contributed by atoms with Crippen molar-refractivity contribution in [2.24, 2.45) is 11.7 Å². The van der Waals surface area contributed by atoms with E-state index in [-0.39, 0.29) is 24.1 Å². The molecule has 0 spiro atoms. The van der Waals surface area contributed by atoms with Gasteiger partial charge >= 0.3 is 0 Å². The Balaban J connectivity index is 0.00000144. The van der Waals surface area contributed by atoms with Crippen molar-refractivity contribution >= 4 is 12.4 Å². The maximum absolute atomic E-state index is 13.4. The summed E-state index contributed by atoms with van der Waals surface area (Å²) >= 11 is 0. The van der Waals surface area contributed by atoms with E-state index in [0.29, 0.717) is 5.56 Å². The number of benzene rings is 1. The Morgan fingerprint density at radius 2 is 2.12 bits per heavy atom. The van der Waals surface area contributed by atoms with Crippen molar-refractivity contribution in [2.75, 3.05) is 7.11 Å². The number of nitrogens with two attached hydrogens (primary N) is 1. The lowest BCUT2D eigenvalue weighted by molar-refractivity contribution is 0.121. The number of para-hydroxylation sites is 1. The molecule has 96 valence electrons. The van der Waals surface area contributed by atoms with Gasteiger partial charge in [-0.25, -0.2) is 4.39 Å². The average Bonchev–Trinajstić information content (AvgIpc) is 3.10. The van der Waals surface area contributed by atoms with Gasteiger partial charge in [0.15, 0.2) is 11.6 Å². The Morgan fingerprint density at radius 1 is 1.47 bits per heavy atom. The minimum Gasteiger partial charge on any atom is -0.493 e. The van der Waals surface area contributed by atoms with E-state index >= 15 is 0 Å². The molecule has 5 heteroatoms. The van der Waals surface area contributed by atoms with Gasteiger partial charge in [-0.15, -0.1) is 12.4 Å². The van der Waals surface area contributed by atoms with Crippen LogP contribution in [0.5, 0.6) is 5.75 Å². The zero-order chi connectivity index (χ0) is 11.7. The first kappa shape index (κ1) is 14.2. The Hall–Kier alpha value is -0.840. The fraction of sp³-hybridized carbons (Fsp3) is 0.500. The molecule has 1 saturated carbocycles. The van der Waals surface area contributed by atoms with Crippen molar-refractivity contribution in [2.45, 2.75) is 25.0 Å². The maximum Gasteiger partial charge on any atom is 0.165 e. The third-order valence-electron chi connectivity index (χ3n) is 3.03. The smallest absolute Gasteiger partial charge is 0.165 e. The van der Waals surface area contributed by atoms with Gasteiger partial charge in [0.05, 0.1) is 19.3 Å². The van der Waals surface area contributed by atoms with Crippen LogP contribution in [0.3, 0.4) is 0 Å². The molecule has 17 heavy (non-hydrogen) atoms. The van der Waals surface area contributed by atoms with Crippen LogP contribution in [-0.4, -0.2) is 18.3 Å². The first-order chi connectivity index (χ1) is 7.65. The molecule has 0 unspecified atom stereocenters. The average molecular weight is 262 g/mol. The van der Waals surface area contributed by atoms with Crippen molar-refractivity contribution in [1.29, 1.82) is 0 Å². The van der Waals surface area contributed by atoms with Crippen molar-refractivity contribution in [3.63, 3.8) is 0 Å². The van der Waals surface area contributed by atoms with E-state index in [1.807, 2.05) is 0 Å². The Morgan fingerprint density at radius 3 is 2.65 bits per heavy atom. The number of ether oxygens (including phenoxy) is 1. The lowest BCUT2D eigenvalue weighted by Crippen LogP contribution is -2.28. The van der Waals surface area contributed by atoms with Crippen molar-refractivity contribution in [3.05, 3.63) is 29.6 Å². The summed E-state index contributed by atoms with van der Waals surface area (Å²) in [5.41, 5.74) is 6.46. The number of aliphatic hydroxyl groups excluding tert-OH is 1. The number of aliphatic hydroxyl groups is 1. The third-order valence-corrected chi connectivity index (χ3v) is 3.03. The van der Waals surface area contributed by atoms with Crippen LogP contribution in [-0.2, 0) is 0 Å². The minimum absolute atomic E-state index is 0. The quantitative estimate of drug-likeness (QED) is 0.872. The minimum atomic E-state index is -0.615. The van der Waals surface area contributed by atoms with Crippen LogP contribution in [0.1, 0.15) is 24.4 Å². The SMILES string of the molecule is COc1c(F)cccc1[C@@H](N)[C@@H](O)C1CC1.Cl. The molecule has 0 bridgehead atoms. The maximum atomic E-state index is 13.4. The molecule has 3 N–H and O–H groups in total. The van der Waals surface area contributed by atoms with Crippen molar-refractivity contribution in [1.82, 2.24) is 0 Å². The molecular weight excluding hydrogens is 245 g/mol. The van der Waals surface area contributed by atoms with Crippen LogP contribution in [0.25, 0.3) is 0 Å². The monoisotopic (exact) mass is 261 g/mol. The molecule has 1 fully saturated rings. The molecule has 0 aliphatic heterocycles. The molecule has 1 aromatic rings. The van der Waals surface area contributed by atoms with Gasteiger partial charge in [0.2, 0.25) is 0 Å². The number of hydrogen-bond acceptors (Lipinski definition) is 3. The van der Waals surface area contributed by atoms with Crippen LogP contribution in [0.2, 0.25) is 0 Å². The molecule has 1 aliphatic rings. The Bertz CT molecular complexity index is 385. The summed E-state index contributed by atoms with van der Waals surface area (Å²) < 4.78 is 18.4. The molecule has 0 radical (unpaired) electrons. The fourth-order valence-corrected chi connectivity index (χ4v) is 1.92. The lowest BCUT2D eigenvalue weighted by Gasteiger charge is -2.21. The number of halogens is 2. The number of hydrogen-bond donors (Lipinski definition) is 2. The molecule has 1 aromatic carbocycles. The highest BCUT2D eigenvalue weighted by Crippen LogP contribution is 2.39. The van der Waals surface area contributed by atoms with Crippen LogP contribution < -0.4 is 10.5 Å². The second kappa shape index (κ2) is 5.67. The third kappa shape index (κ3) is 2.89. The van der Waals surface area contributed by atoms with Gasteiger partial charge in [-0.1, -0.05) is 12.1 Å². The normalized spacial score (nSPS) is 18.1. The van der Waals surface area contributed by atoms with Gasteiger partial charge < -0.3 is 15.6 Å². The number of methoxy groups -OCH3 is 1. The first-order valence-electron chi connectivity index (χ1n) is 5.41. The second-order valence-corrected chi connectivity index (χ2v) is 4.22. The first-order valence-corrected chi connectivity index (χ1v) is 5.41. The molecule has 1 aliphatic carbocycles. The molecule has 0 aromatic heterocycles. The van der Waals surface area contributed by atoms with E-state index in [4.69, 9.17) is 10.5 Å². The summed E-state index contributed by atoms with van der Waals surface area (Å²) in [5.74, 6) is -0.0591. The standard InChI is InChI=1S/C12H16FNO2.ClH/c1-16-12-8(3-2-4-9(12)13)10(14)11(15)7-5-6-7;/h2-4,7,10-11,15H,5-6,14H2,1H3;1H/t10-,11+;/m1./s1. The molecule has 0 heterocycles. The van der Waals surface area contributed by atoms with Crippen LogP contribution in [0.15, 0.2) is 18.2 Å². The lowest BCUT2D eigenvalue weighted by atomic mass is 9.98. The summed E-state index contributed by atoms with van der Waals surface area (Å²) in [7, 11) is 1.40. The van der Waals surface area contributed by atoms with E-state index in [1.54, 1.807) is 12.1 Å². The van der Waals surface area contributed by atoms with Crippen molar-refractivity contribution in [3.8, 4) is 5.75 Å². The van der Waals surface area contributed by atoms with Gasteiger partial charge in [-0.3, -0.25) is 0 Å². The topological polar surface area (TPSA) is 55.5 Å². The Kier molecular flexibility index (Phi) is 4.74. The van der Waals surface area contributed by atoms with Gasteiger partial charge in [-0.2, -0.15) is 0 Å². The van der Waals surface area contributed by atoms with Gasteiger partial charge in [-0.05, 0) is 24.8 Å². The van der Waals surface area contributed by atoms with Gasteiger partial charge in [0.1, 0.15) is 0 Å². The van der Waals surface area contributed by atoms with E-state index < -0.39 is 18.0 Å². The van der Waals surface area contributed by atoms with Crippen LogP contribution in [0.4, 0.5) is 4.39 Å². The van der Waals surface area contributed by atoms with Crippen LogP contribution in [0, 0.1) is 11.7 Å². The zero-order valence-corrected chi connectivity index (χ0v) is 10.4. The van der Waals surface area contributed by atoms with E-state index in [2.05, 4.69) is 0 Å². The van der Waals surface area contributed by atoms with Crippen molar-refractivity contribution < 1.29 is 14.2 Å². The Labute approximate surface area is 106 Å². The zero-order valence-electron chi connectivity index (χ0n) is 9.60. The second-order valence-electron chi connectivity index (χ2n) is 4.22. The highest BCUT2D eigenvalue weighted by atomic mass is 35.5. The molecular formula is C12H17ClFNO2. The molecule has 2 atom stereocenters. The molecule has 3 nitrogen and oxygen atoms in total. The number of rotatable bonds is 4. The van der Waals surface area contributed by atoms with E-state index in [1.165, 1.54) is 13.2 Å². The summed E-state index contributed by atoms with van der Waals surface area (Å²) in [6.07, 6.45) is 1.37. The van der Waals surface area contributed by atoms with E-state index in [9.17, 15) is 9.50 Å². The summed E-state index contributed by atoms with van der Waals surface area (Å²) in [6, 6.07) is 4.00. The van der Waals surface area contributed by atoms with Gasteiger partial charge in [0, 0.05) is 5.56 Å². The van der Waals surface area contributed by atoms with E-state index in [0.717, 1.165) is 12.8 Å². The highest BCUT2D eigenvalue weighted by molar-refractivity contribution is 5.85. The van der Waals surface area contributed by atoms with Gasteiger partial charge in [0.25, 0.3) is 0 Å². The van der Waals surface area contributed by atoms with Crippen LogP contribution >= 0.6 is 12.4 Å². The summed E-state index contributed by atoms with van der Waals surface area (Å²) in [6.45, 7) is 0. The molecule has 2 rings (SSSR count). The summed E-state index contributed by atoms with van der Waals surface area (Å²) in [4.78, 5) is 0.